The van der Waals surface area contributed by atoms with Crippen LogP contribution in [0.4, 0.5) is 5.13 Å². The zero-order chi connectivity index (χ0) is 21.3. The van der Waals surface area contributed by atoms with E-state index in [0.29, 0.717) is 31.1 Å². The fourth-order valence-electron chi connectivity index (χ4n) is 3.55. The summed E-state index contributed by atoms with van der Waals surface area (Å²) in [5.41, 5.74) is 1.97. The first-order chi connectivity index (χ1) is 14.3. The van der Waals surface area contributed by atoms with Gasteiger partial charge < -0.3 is 5.32 Å². The third-order valence-electron chi connectivity index (χ3n) is 5.15. The van der Waals surface area contributed by atoms with Gasteiger partial charge >= 0.3 is 0 Å². The van der Waals surface area contributed by atoms with Gasteiger partial charge in [-0.1, -0.05) is 0 Å². The molecular weight excluding hydrogens is 440 g/mol. The highest BCUT2D eigenvalue weighted by molar-refractivity contribution is 7.89. The molecule has 0 radical (unpaired) electrons. The van der Waals surface area contributed by atoms with Crippen LogP contribution < -0.4 is 5.32 Å². The van der Waals surface area contributed by atoms with E-state index in [2.05, 4.69) is 35.2 Å². The molecule has 0 atom stereocenters. The minimum atomic E-state index is -3.57. The Kier molecular flexibility index (Phi) is 6.01. The van der Waals surface area contributed by atoms with Crippen molar-refractivity contribution in [1.82, 2.24) is 14.3 Å². The molecule has 10 heteroatoms. The third kappa shape index (κ3) is 4.31. The maximum absolute atomic E-state index is 12.7. The van der Waals surface area contributed by atoms with E-state index < -0.39 is 10.0 Å². The third-order valence-corrected chi connectivity index (χ3v) is 8.75. The molecule has 1 fully saturated rings. The second-order valence-electron chi connectivity index (χ2n) is 7.22. The lowest BCUT2D eigenvalue weighted by molar-refractivity contribution is -0.120. The van der Waals surface area contributed by atoms with E-state index in [1.807, 2.05) is 5.38 Å². The van der Waals surface area contributed by atoms with Gasteiger partial charge in [0.05, 0.1) is 5.69 Å². The van der Waals surface area contributed by atoms with Gasteiger partial charge in [-0.25, -0.2) is 13.4 Å². The van der Waals surface area contributed by atoms with Crippen molar-refractivity contribution < 1.29 is 13.2 Å². The molecule has 30 heavy (non-hydrogen) atoms. The number of aromatic nitrogens is 2. The minimum Gasteiger partial charge on any atom is -0.302 e. The predicted octanol–water partition coefficient (Wildman–Crippen LogP) is 3.92. The van der Waals surface area contributed by atoms with Crippen molar-refractivity contribution >= 4 is 43.7 Å². The van der Waals surface area contributed by atoms with E-state index in [0.717, 1.165) is 11.3 Å². The Balaban J connectivity index is 1.37. The summed E-state index contributed by atoms with van der Waals surface area (Å²) < 4.78 is 26.8. The fourth-order valence-corrected chi connectivity index (χ4v) is 6.64. The van der Waals surface area contributed by atoms with E-state index in [1.165, 1.54) is 37.7 Å². The summed E-state index contributed by atoms with van der Waals surface area (Å²) in [6, 6.07) is 5.26. The van der Waals surface area contributed by atoms with Crippen LogP contribution >= 0.6 is 22.7 Å². The first-order valence-corrected chi connectivity index (χ1v) is 12.7. The molecule has 1 N–H and O–H groups in total. The molecule has 4 rings (SSSR count). The Labute approximate surface area is 183 Å². The lowest BCUT2D eigenvalue weighted by Gasteiger charge is -2.30. The first kappa shape index (κ1) is 21.1. The molecule has 4 heterocycles. The second kappa shape index (κ2) is 8.54. The molecule has 1 aliphatic heterocycles. The molecule has 1 aliphatic rings. The van der Waals surface area contributed by atoms with Crippen LogP contribution in [0.5, 0.6) is 0 Å². The summed E-state index contributed by atoms with van der Waals surface area (Å²) in [6.45, 7) is 4.76. The van der Waals surface area contributed by atoms with Crippen LogP contribution in [0.25, 0.3) is 11.3 Å². The number of sulfonamides is 1. The Morgan fingerprint density at radius 1 is 1.27 bits per heavy atom. The van der Waals surface area contributed by atoms with Crippen LogP contribution in [0.1, 0.15) is 22.6 Å². The van der Waals surface area contributed by atoms with Crippen molar-refractivity contribution in [2.75, 3.05) is 18.4 Å². The number of carbonyl (C=O) groups is 1. The quantitative estimate of drug-likeness (QED) is 0.620. The van der Waals surface area contributed by atoms with E-state index in [4.69, 9.17) is 0 Å². The Bertz CT molecular complexity index is 1150. The number of nitrogens with zero attached hydrogens (tertiary/aromatic N) is 3. The minimum absolute atomic E-state index is 0.104. The highest BCUT2D eigenvalue weighted by Gasteiger charge is 2.32. The maximum Gasteiger partial charge on any atom is 0.244 e. The number of thiazole rings is 1. The summed E-state index contributed by atoms with van der Waals surface area (Å²) in [7, 11) is -3.57. The molecule has 0 unspecified atom stereocenters. The molecule has 0 aromatic carbocycles. The average molecular weight is 463 g/mol. The standard InChI is InChI=1S/C20H22N4O3S3/c1-13-10-17(14(2)29-13)18-12-28-20(22-18)23-19(25)15-5-8-24(9-6-15)30(26,27)16-4-3-7-21-11-16/h3-4,7,10-12,15H,5-6,8-9H2,1-2H3,(H,22,23,25). The average Bonchev–Trinajstić information content (AvgIpc) is 3.34. The second-order valence-corrected chi connectivity index (χ2v) is 11.5. The van der Waals surface area contributed by atoms with Gasteiger partial charge in [0.25, 0.3) is 0 Å². The van der Waals surface area contributed by atoms with Gasteiger partial charge in [0.2, 0.25) is 15.9 Å². The van der Waals surface area contributed by atoms with Crippen molar-refractivity contribution in [3.8, 4) is 11.3 Å². The van der Waals surface area contributed by atoms with E-state index in [9.17, 15) is 13.2 Å². The lowest BCUT2D eigenvalue weighted by Crippen LogP contribution is -2.41. The normalized spacial score (nSPS) is 15.9. The fraction of sp³-hybridized carbons (Fsp3) is 0.350. The van der Waals surface area contributed by atoms with Gasteiger partial charge in [-0.3, -0.25) is 9.78 Å². The topological polar surface area (TPSA) is 92.3 Å². The van der Waals surface area contributed by atoms with Crippen molar-refractivity contribution in [2.24, 2.45) is 5.92 Å². The van der Waals surface area contributed by atoms with E-state index in [1.54, 1.807) is 23.6 Å². The van der Waals surface area contributed by atoms with Crippen molar-refractivity contribution in [3.63, 3.8) is 0 Å². The monoisotopic (exact) mass is 462 g/mol. The summed E-state index contributed by atoms with van der Waals surface area (Å²) in [4.78, 5) is 23.8. The largest absolute Gasteiger partial charge is 0.302 e. The van der Waals surface area contributed by atoms with Gasteiger partial charge in [-0.2, -0.15) is 4.31 Å². The van der Waals surface area contributed by atoms with Crippen LogP contribution in [-0.4, -0.2) is 41.7 Å². The molecule has 0 aliphatic carbocycles. The smallest absolute Gasteiger partial charge is 0.244 e. The van der Waals surface area contributed by atoms with Crippen LogP contribution in [0.2, 0.25) is 0 Å². The molecule has 3 aromatic heterocycles. The van der Waals surface area contributed by atoms with Gasteiger partial charge in [0.1, 0.15) is 4.90 Å². The summed E-state index contributed by atoms with van der Waals surface area (Å²) >= 11 is 3.14. The molecule has 0 bridgehead atoms. The zero-order valence-corrected chi connectivity index (χ0v) is 19.1. The molecule has 0 saturated carbocycles. The van der Waals surface area contributed by atoms with Gasteiger partial charge in [0.15, 0.2) is 5.13 Å². The number of carbonyl (C=O) groups excluding carboxylic acids is 1. The highest BCUT2D eigenvalue weighted by Crippen LogP contribution is 2.33. The maximum atomic E-state index is 12.7. The number of hydrogen-bond donors (Lipinski definition) is 1. The summed E-state index contributed by atoms with van der Waals surface area (Å²) in [5, 5.41) is 5.43. The number of thiophene rings is 1. The van der Waals surface area contributed by atoms with Crippen LogP contribution in [0.15, 0.2) is 40.9 Å². The Morgan fingerprint density at radius 3 is 2.67 bits per heavy atom. The number of pyridine rings is 1. The first-order valence-electron chi connectivity index (χ1n) is 9.58. The van der Waals surface area contributed by atoms with Gasteiger partial charge in [-0.05, 0) is 44.9 Å². The van der Waals surface area contributed by atoms with Crippen LogP contribution in [0.3, 0.4) is 0 Å². The number of anilines is 1. The predicted molar refractivity (Wildman–Crippen MR) is 119 cm³/mol. The zero-order valence-electron chi connectivity index (χ0n) is 16.7. The number of rotatable bonds is 5. The molecule has 1 saturated heterocycles. The molecule has 158 valence electrons. The Morgan fingerprint density at radius 2 is 2.03 bits per heavy atom. The number of aryl methyl sites for hydroxylation is 2. The molecule has 7 nitrogen and oxygen atoms in total. The van der Waals surface area contributed by atoms with E-state index in [-0.39, 0.29) is 16.7 Å². The molecule has 0 spiro atoms. The number of amides is 1. The summed E-state index contributed by atoms with van der Waals surface area (Å²) in [5.74, 6) is -0.338. The van der Waals surface area contributed by atoms with Crippen LogP contribution in [0, 0.1) is 19.8 Å². The van der Waals surface area contributed by atoms with Crippen LogP contribution in [-0.2, 0) is 14.8 Å². The van der Waals surface area contributed by atoms with Crippen molar-refractivity contribution in [1.29, 1.82) is 0 Å². The SMILES string of the molecule is Cc1cc(-c2csc(NC(=O)C3CCN(S(=O)(=O)c4cccnc4)CC3)n2)c(C)s1. The Hall–Kier alpha value is -2.14. The van der Waals surface area contributed by atoms with Gasteiger partial charge in [-0.15, -0.1) is 22.7 Å². The van der Waals surface area contributed by atoms with Gasteiger partial charge in [0, 0.05) is 52.1 Å². The number of piperidine rings is 1. The number of nitrogens with one attached hydrogen (secondary N) is 1. The summed E-state index contributed by atoms with van der Waals surface area (Å²) in [6.07, 6.45) is 3.85. The molecule has 1 amide bonds. The van der Waals surface area contributed by atoms with Crippen molar-refractivity contribution in [2.45, 2.75) is 31.6 Å². The molecular formula is C20H22N4O3S3. The lowest BCUT2D eigenvalue weighted by atomic mass is 9.97. The molecule has 3 aromatic rings. The van der Waals surface area contributed by atoms with Crippen molar-refractivity contribution in [3.05, 3.63) is 45.7 Å². The highest BCUT2D eigenvalue weighted by atomic mass is 32.2. The van der Waals surface area contributed by atoms with E-state index >= 15 is 0 Å². The number of hydrogen-bond acceptors (Lipinski definition) is 7.